The van der Waals surface area contributed by atoms with Crippen molar-refractivity contribution in [1.82, 2.24) is 0 Å². The van der Waals surface area contributed by atoms with Crippen molar-refractivity contribution in [3.63, 3.8) is 0 Å². The molecule has 17 heteroatoms. The van der Waals surface area contributed by atoms with Gasteiger partial charge in [-0.05, 0) is 0 Å². The van der Waals surface area contributed by atoms with Crippen LogP contribution in [0.25, 0.3) is 0 Å². The van der Waals surface area contributed by atoms with Crippen molar-refractivity contribution >= 4 is 11.9 Å². The Morgan fingerprint density at radius 3 is 0.871 bits per heavy atom. The summed E-state index contributed by atoms with van der Waals surface area (Å²) in [6.45, 7) is -1.76. The van der Waals surface area contributed by atoms with Crippen LogP contribution in [0.4, 0.5) is 0 Å². The van der Waals surface area contributed by atoms with Gasteiger partial charge in [-0.3, -0.25) is 0 Å². The Balaban J connectivity index is -0.000000490. The third-order valence-corrected chi connectivity index (χ3v) is 3.72. The number of aliphatic carboxylic acids is 2. The van der Waals surface area contributed by atoms with E-state index in [1.165, 1.54) is 0 Å². The van der Waals surface area contributed by atoms with E-state index in [1.807, 2.05) is 0 Å². The molecular formula is C14H28MnO16. The predicted molar refractivity (Wildman–Crippen MR) is 89.5 cm³/mol. The largest absolute Gasteiger partial charge is 0.479 e. The van der Waals surface area contributed by atoms with E-state index >= 15 is 0 Å². The fourth-order valence-corrected chi connectivity index (χ4v) is 1.74. The first kappa shape index (κ1) is 34.6. The molecular weight excluding hydrogens is 479 g/mol. The van der Waals surface area contributed by atoms with Crippen LogP contribution < -0.4 is 0 Å². The molecule has 0 aliphatic heterocycles. The van der Waals surface area contributed by atoms with Crippen LogP contribution in [0, 0.1) is 0 Å². The Bertz CT molecular complexity index is 465. The molecule has 0 aliphatic rings. The molecule has 0 saturated carbocycles. The van der Waals surface area contributed by atoms with Gasteiger partial charge >= 0.3 is 11.9 Å². The van der Waals surface area contributed by atoms with Gasteiger partial charge in [0.25, 0.3) is 0 Å². The maximum atomic E-state index is 10.2. The van der Waals surface area contributed by atoms with E-state index in [4.69, 9.17) is 71.5 Å². The SMILES string of the molecule is O=C(O)C(O)C(O)C(O)C(O)C(O)CO.O=C(O)C(O)C(O)C(O)C(O)C(O)CO.[Mn]. The van der Waals surface area contributed by atoms with Gasteiger partial charge in [0, 0.05) is 17.1 Å². The number of aliphatic hydroxyl groups excluding tert-OH is 12. The van der Waals surface area contributed by atoms with E-state index in [0.29, 0.717) is 0 Å². The van der Waals surface area contributed by atoms with Crippen LogP contribution in [-0.4, -0.2) is 158 Å². The minimum atomic E-state index is -2.29. The van der Waals surface area contributed by atoms with Crippen LogP contribution in [0.3, 0.4) is 0 Å². The summed E-state index contributed by atoms with van der Waals surface area (Å²) in [5, 5.41) is 123. The Hall–Kier alpha value is -1.02. The molecule has 14 N–H and O–H groups in total. The predicted octanol–water partition coefficient (Wildman–Crippen LogP) is -8.27. The first-order chi connectivity index (χ1) is 13.6. The summed E-state index contributed by atoms with van der Waals surface area (Å²) < 4.78 is 0. The number of hydrogen-bond acceptors (Lipinski definition) is 14. The zero-order valence-corrected chi connectivity index (χ0v) is 16.8. The van der Waals surface area contributed by atoms with Gasteiger partial charge in [0.1, 0.15) is 48.8 Å². The molecule has 1 radical (unpaired) electrons. The number of rotatable bonds is 12. The molecule has 0 heterocycles. The summed E-state index contributed by atoms with van der Waals surface area (Å²) >= 11 is 0. The molecule has 0 spiro atoms. The standard InChI is InChI=1S/2C7H14O8.Mn/c2*8-1-2(9)3(10)4(11)5(12)6(13)7(14)15;/h2*2-6,8-13H,1H2,(H,14,15);. The maximum absolute atomic E-state index is 10.2. The minimum Gasteiger partial charge on any atom is -0.479 e. The van der Waals surface area contributed by atoms with Gasteiger partial charge in [0.2, 0.25) is 0 Å². The van der Waals surface area contributed by atoms with Gasteiger partial charge in [-0.1, -0.05) is 0 Å². The third kappa shape index (κ3) is 11.4. The van der Waals surface area contributed by atoms with E-state index in [1.54, 1.807) is 0 Å². The Morgan fingerprint density at radius 1 is 0.484 bits per heavy atom. The second-order valence-corrected chi connectivity index (χ2v) is 6.01. The van der Waals surface area contributed by atoms with E-state index in [9.17, 15) is 9.59 Å². The normalized spacial score (nSPS) is 20.8. The zero-order chi connectivity index (χ0) is 24.3. The first-order valence-corrected chi connectivity index (χ1v) is 8.13. The molecule has 10 unspecified atom stereocenters. The Kier molecular flexibility index (Phi) is 18.5. The summed E-state index contributed by atoms with van der Waals surface area (Å²) in [7, 11) is 0. The maximum Gasteiger partial charge on any atom is 0.335 e. The number of hydrogen-bond donors (Lipinski definition) is 14. The minimum absolute atomic E-state index is 0. The molecule has 0 amide bonds. The average molecular weight is 507 g/mol. The number of aliphatic hydroxyl groups is 12. The third-order valence-electron chi connectivity index (χ3n) is 3.72. The van der Waals surface area contributed by atoms with Gasteiger partial charge in [-0.25, -0.2) is 9.59 Å². The molecule has 0 aromatic rings. The van der Waals surface area contributed by atoms with E-state index in [0.717, 1.165) is 0 Å². The zero-order valence-electron chi connectivity index (χ0n) is 15.6. The molecule has 16 nitrogen and oxygen atoms in total. The molecule has 10 atom stereocenters. The van der Waals surface area contributed by atoms with Crippen LogP contribution in [0.1, 0.15) is 0 Å². The van der Waals surface area contributed by atoms with Crippen molar-refractivity contribution in [3.05, 3.63) is 0 Å². The topological polar surface area (TPSA) is 317 Å². The van der Waals surface area contributed by atoms with Crippen molar-refractivity contribution in [2.75, 3.05) is 13.2 Å². The van der Waals surface area contributed by atoms with Crippen molar-refractivity contribution in [2.24, 2.45) is 0 Å². The molecule has 0 rings (SSSR count). The van der Waals surface area contributed by atoms with Crippen LogP contribution in [-0.2, 0) is 26.7 Å². The molecule has 0 aromatic heterocycles. The molecule has 0 aliphatic carbocycles. The van der Waals surface area contributed by atoms with Crippen LogP contribution in [0.5, 0.6) is 0 Å². The summed E-state index contributed by atoms with van der Waals surface area (Å²) in [5.41, 5.74) is 0. The van der Waals surface area contributed by atoms with Crippen LogP contribution >= 0.6 is 0 Å². The Labute approximate surface area is 185 Å². The fraction of sp³-hybridized carbons (Fsp3) is 0.857. The second-order valence-electron chi connectivity index (χ2n) is 6.01. The molecule has 0 saturated heterocycles. The van der Waals surface area contributed by atoms with Crippen LogP contribution in [0.15, 0.2) is 0 Å². The van der Waals surface area contributed by atoms with Gasteiger partial charge in [-0.2, -0.15) is 0 Å². The van der Waals surface area contributed by atoms with E-state index in [2.05, 4.69) is 0 Å². The van der Waals surface area contributed by atoms with Crippen molar-refractivity contribution < 1.29 is 98.1 Å². The van der Waals surface area contributed by atoms with Crippen molar-refractivity contribution in [2.45, 2.75) is 61.0 Å². The molecule has 0 aromatic carbocycles. The van der Waals surface area contributed by atoms with Gasteiger partial charge < -0.3 is 71.5 Å². The van der Waals surface area contributed by atoms with Gasteiger partial charge in [0.05, 0.1) is 13.2 Å². The monoisotopic (exact) mass is 507 g/mol. The number of carbonyl (C=O) groups is 2. The van der Waals surface area contributed by atoms with Crippen molar-refractivity contribution in [3.8, 4) is 0 Å². The summed E-state index contributed by atoms with van der Waals surface area (Å²) in [6, 6.07) is 0. The first-order valence-electron chi connectivity index (χ1n) is 8.13. The molecule has 0 fully saturated rings. The van der Waals surface area contributed by atoms with E-state index < -0.39 is 86.2 Å². The number of carboxylic acid groups (broad SMARTS) is 2. The molecule has 0 bridgehead atoms. The smallest absolute Gasteiger partial charge is 0.335 e. The average Bonchev–Trinajstić information content (AvgIpc) is 2.73. The summed E-state index contributed by atoms with van der Waals surface area (Å²) in [5.74, 6) is -3.57. The van der Waals surface area contributed by atoms with E-state index in [-0.39, 0.29) is 17.1 Å². The number of carboxylic acids is 2. The molecule has 31 heavy (non-hydrogen) atoms. The summed E-state index contributed by atoms with van der Waals surface area (Å²) in [4.78, 5) is 20.4. The Morgan fingerprint density at radius 2 is 0.710 bits per heavy atom. The van der Waals surface area contributed by atoms with Gasteiger partial charge in [0.15, 0.2) is 12.2 Å². The molecule has 187 valence electrons. The van der Waals surface area contributed by atoms with Gasteiger partial charge in [-0.15, -0.1) is 0 Å². The van der Waals surface area contributed by atoms with Crippen LogP contribution in [0.2, 0.25) is 0 Å². The fourth-order valence-electron chi connectivity index (χ4n) is 1.74. The quantitative estimate of drug-likeness (QED) is 0.109. The van der Waals surface area contributed by atoms with Crippen molar-refractivity contribution in [1.29, 1.82) is 0 Å². The second kappa shape index (κ2) is 16.6. The summed E-state index contributed by atoms with van der Waals surface area (Å²) in [6.07, 6.45) is -20.5.